The van der Waals surface area contributed by atoms with Crippen LogP contribution in [0.1, 0.15) is 5.56 Å². The smallest absolute Gasteiger partial charge is 0.238 e. The van der Waals surface area contributed by atoms with E-state index in [4.69, 9.17) is 33.1 Å². The first-order chi connectivity index (χ1) is 9.77. The molecule has 0 radical (unpaired) electrons. The minimum Gasteiger partial charge on any atom is -0.488 e. The summed E-state index contributed by atoms with van der Waals surface area (Å²) in [7, 11) is -3.74. The van der Waals surface area contributed by atoms with Crippen molar-refractivity contribution in [3.63, 3.8) is 0 Å². The fourth-order valence-corrected chi connectivity index (χ4v) is 3.07. The van der Waals surface area contributed by atoms with E-state index in [0.29, 0.717) is 20.3 Å². The normalized spacial score (nSPS) is 11.4. The number of sulfonamides is 1. The molecule has 0 fully saturated rings. The number of halogens is 3. The summed E-state index contributed by atoms with van der Waals surface area (Å²) >= 11 is 15.0. The monoisotopic (exact) mass is 409 g/mol. The first-order valence-corrected chi connectivity index (χ1v) is 8.76. The summed E-state index contributed by atoms with van der Waals surface area (Å²) in [6.45, 7) is 0.268. The molecule has 112 valence electrons. The lowest BCUT2D eigenvalue weighted by Gasteiger charge is -2.10. The molecule has 21 heavy (non-hydrogen) atoms. The zero-order valence-electron chi connectivity index (χ0n) is 10.5. The predicted octanol–water partition coefficient (Wildman–Crippen LogP) is 3.98. The van der Waals surface area contributed by atoms with Gasteiger partial charge in [0, 0.05) is 0 Å². The summed E-state index contributed by atoms with van der Waals surface area (Å²) in [5, 5.41) is 5.97. The van der Waals surface area contributed by atoms with Crippen LogP contribution in [0.4, 0.5) is 0 Å². The molecule has 0 aromatic heterocycles. The zero-order chi connectivity index (χ0) is 15.6. The molecule has 0 saturated carbocycles. The Labute approximate surface area is 141 Å². The van der Waals surface area contributed by atoms with Crippen LogP contribution >= 0.6 is 39.1 Å². The van der Waals surface area contributed by atoms with Crippen molar-refractivity contribution in [2.45, 2.75) is 11.5 Å². The molecule has 2 N–H and O–H groups in total. The molecule has 2 aromatic carbocycles. The number of primary sulfonamides is 1. The number of nitrogens with two attached hydrogens (primary N) is 1. The van der Waals surface area contributed by atoms with E-state index in [1.54, 1.807) is 18.2 Å². The molecule has 0 unspecified atom stereocenters. The Morgan fingerprint density at radius 1 is 1.10 bits per heavy atom. The van der Waals surface area contributed by atoms with E-state index in [2.05, 4.69) is 15.9 Å². The van der Waals surface area contributed by atoms with E-state index < -0.39 is 10.0 Å². The van der Waals surface area contributed by atoms with Gasteiger partial charge in [-0.2, -0.15) is 0 Å². The quantitative estimate of drug-likeness (QED) is 0.828. The molecule has 0 heterocycles. The molecule has 0 atom stereocenters. The van der Waals surface area contributed by atoms with Crippen molar-refractivity contribution < 1.29 is 13.2 Å². The van der Waals surface area contributed by atoms with Crippen molar-refractivity contribution in [3.8, 4) is 5.75 Å². The maximum absolute atomic E-state index is 11.2. The number of benzene rings is 2. The van der Waals surface area contributed by atoms with E-state index in [9.17, 15) is 8.42 Å². The molecule has 0 aliphatic carbocycles. The number of hydrogen-bond donors (Lipinski definition) is 1. The van der Waals surface area contributed by atoms with Gasteiger partial charge in [-0.3, -0.25) is 0 Å². The van der Waals surface area contributed by atoms with E-state index in [0.717, 1.165) is 5.56 Å². The van der Waals surface area contributed by atoms with Crippen LogP contribution in [0.3, 0.4) is 0 Å². The van der Waals surface area contributed by atoms with Gasteiger partial charge in [0.15, 0.2) is 0 Å². The Hall–Kier alpha value is -0.790. The molecule has 2 rings (SSSR count). The fraction of sp³-hybridized carbons (Fsp3) is 0.0769. The van der Waals surface area contributed by atoms with Gasteiger partial charge in [-0.25, -0.2) is 13.6 Å². The molecule has 0 amide bonds. The van der Waals surface area contributed by atoms with Crippen LogP contribution in [0.2, 0.25) is 10.0 Å². The van der Waals surface area contributed by atoms with Crippen LogP contribution in [0.15, 0.2) is 45.8 Å². The third kappa shape index (κ3) is 4.34. The number of ether oxygens (including phenoxy) is 1. The second kappa shape index (κ2) is 6.54. The van der Waals surface area contributed by atoms with Gasteiger partial charge < -0.3 is 4.74 Å². The van der Waals surface area contributed by atoms with Gasteiger partial charge in [-0.15, -0.1) is 0 Å². The zero-order valence-corrected chi connectivity index (χ0v) is 14.4. The maximum atomic E-state index is 11.2. The topological polar surface area (TPSA) is 69.4 Å². The lowest BCUT2D eigenvalue weighted by atomic mass is 10.2. The van der Waals surface area contributed by atoms with Gasteiger partial charge >= 0.3 is 0 Å². The summed E-state index contributed by atoms with van der Waals surface area (Å²) < 4.78 is 28.6. The highest BCUT2D eigenvalue weighted by Crippen LogP contribution is 2.29. The minimum atomic E-state index is -3.74. The van der Waals surface area contributed by atoms with Gasteiger partial charge in [0.05, 0.1) is 19.4 Å². The Balaban J connectivity index is 2.15. The molecule has 2 aromatic rings. The second-order valence-electron chi connectivity index (χ2n) is 4.17. The van der Waals surface area contributed by atoms with Crippen LogP contribution in [0.25, 0.3) is 0 Å². The maximum Gasteiger partial charge on any atom is 0.238 e. The summed E-state index contributed by atoms with van der Waals surface area (Å²) in [4.78, 5) is 0.0104. The van der Waals surface area contributed by atoms with Crippen molar-refractivity contribution >= 4 is 49.2 Å². The molecule has 0 aliphatic rings. The third-order valence-electron chi connectivity index (χ3n) is 2.61. The van der Waals surface area contributed by atoms with Crippen LogP contribution in [-0.2, 0) is 16.6 Å². The van der Waals surface area contributed by atoms with E-state index in [-0.39, 0.29) is 11.5 Å². The van der Waals surface area contributed by atoms with Crippen LogP contribution in [0.5, 0.6) is 5.75 Å². The second-order valence-corrected chi connectivity index (χ2v) is 7.40. The number of rotatable bonds is 4. The van der Waals surface area contributed by atoms with Gasteiger partial charge in [0.1, 0.15) is 12.4 Å². The van der Waals surface area contributed by atoms with Crippen LogP contribution in [0, 0.1) is 0 Å². The fourth-order valence-electron chi connectivity index (χ4n) is 1.57. The van der Waals surface area contributed by atoms with Crippen molar-refractivity contribution in [2.24, 2.45) is 5.14 Å². The predicted molar refractivity (Wildman–Crippen MR) is 86.3 cm³/mol. The average molecular weight is 411 g/mol. The SMILES string of the molecule is NS(=O)(=O)c1ccc(OCc2ccc(Cl)c(Cl)c2)c(Br)c1. The largest absolute Gasteiger partial charge is 0.488 e. The Morgan fingerprint density at radius 3 is 2.38 bits per heavy atom. The van der Waals surface area contributed by atoms with Crippen LogP contribution < -0.4 is 9.88 Å². The molecular weight excluding hydrogens is 401 g/mol. The average Bonchev–Trinajstić information content (AvgIpc) is 2.40. The van der Waals surface area contributed by atoms with Crippen molar-refractivity contribution in [2.75, 3.05) is 0 Å². The Bertz CT molecular complexity index is 781. The van der Waals surface area contributed by atoms with E-state index in [1.165, 1.54) is 18.2 Å². The Morgan fingerprint density at radius 2 is 1.81 bits per heavy atom. The lowest BCUT2D eigenvalue weighted by Crippen LogP contribution is -2.12. The van der Waals surface area contributed by atoms with Gasteiger partial charge in [-0.1, -0.05) is 29.3 Å². The molecule has 4 nitrogen and oxygen atoms in total. The van der Waals surface area contributed by atoms with Gasteiger partial charge in [-0.05, 0) is 51.8 Å². The van der Waals surface area contributed by atoms with E-state index >= 15 is 0 Å². The number of hydrogen-bond acceptors (Lipinski definition) is 3. The van der Waals surface area contributed by atoms with E-state index in [1.807, 2.05) is 0 Å². The standard InChI is InChI=1S/C13H10BrCl2NO3S/c14-10-6-9(21(17,18)19)2-4-13(10)20-7-8-1-3-11(15)12(16)5-8/h1-6H,7H2,(H2,17,18,19). The summed E-state index contributed by atoms with van der Waals surface area (Å²) in [6, 6.07) is 9.48. The minimum absolute atomic E-state index is 0.0104. The molecular formula is C13H10BrCl2NO3S. The highest BCUT2D eigenvalue weighted by Gasteiger charge is 2.11. The van der Waals surface area contributed by atoms with Crippen LogP contribution in [-0.4, -0.2) is 8.42 Å². The highest BCUT2D eigenvalue weighted by molar-refractivity contribution is 9.10. The van der Waals surface area contributed by atoms with Gasteiger partial charge in [0.25, 0.3) is 0 Å². The first kappa shape index (κ1) is 16.6. The molecule has 0 spiro atoms. The first-order valence-electron chi connectivity index (χ1n) is 5.66. The molecule has 8 heteroatoms. The van der Waals surface area contributed by atoms with Crippen molar-refractivity contribution in [1.29, 1.82) is 0 Å². The summed E-state index contributed by atoms with van der Waals surface area (Å²) in [5.74, 6) is 0.494. The molecule has 0 bridgehead atoms. The van der Waals surface area contributed by atoms with Crippen molar-refractivity contribution in [3.05, 3.63) is 56.5 Å². The van der Waals surface area contributed by atoms with Crippen molar-refractivity contribution in [1.82, 2.24) is 0 Å². The lowest BCUT2D eigenvalue weighted by molar-refractivity contribution is 0.304. The molecule has 0 aliphatic heterocycles. The highest BCUT2D eigenvalue weighted by atomic mass is 79.9. The third-order valence-corrected chi connectivity index (χ3v) is 4.88. The Kier molecular flexibility index (Phi) is 5.16. The summed E-state index contributed by atoms with van der Waals surface area (Å²) in [6.07, 6.45) is 0. The summed E-state index contributed by atoms with van der Waals surface area (Å²) in [5.41, 5.74) is 0.840. The molecule has 0 saturated heterocycles. The van der Waals surface area contributed by atoms with Gasteiger partial charge in [0.2, 0.25) is 10.0 Å².